The Kier molecular flexibility index (Phi) is 5.27. The van der Waals surface area contributed by atoms with Crippen molar-refractivity contribution in [2.24, 2.45) is 0 Å². The largest absolute Gasteiger partial charge is 0.340 e. The van der Waals surface area contributed by atoms with Gasteiger partial charge in [-0.3, -0.25) is 4.72 Å². The lowest BCUT2D eigenvalue weighted by Crippen LogP contribution is -2.12. The number of sulfonamides is 1. The fourth-order valence-electron chi connectivity index (χ4n) is 2.68. The van der Waals surface area contributed by atoms with E-state index in [0.29, 0.717) is 10.2 Å². The summed E-state index contributed by atoms with van der Waals surface area (Å²) in [5, 5.41) is 10.5. The van der Waals surface area contributed by atoms with Crippen molar-refractivity contribution in [2.75, 3.05) is 10.0 Å². The molecule has 0 saturated carbocycles. The molecule has 0 aliphatic rings. The van der Waals surface area contributed by atoms with Crippen LogP contribution in [0.1, 0.15) is 5.69 Å². The average Bonchev–Trinajstić information content (AvgIpc) is 3.32. The van der Waals surface area contributed by atoms with Crippen LogP contribution in [0.2, 0.25) is 5.02 Å². The van der Waals surface area contributed by atoms with Crippen LogP contribution in [0.25, 0.3) is 5.69 Å². The maximum atomic E-state index is 12.4. The van der Waals surface area contributed by atoms with Crippen LogP contribution in [0.3, 0.4) is 0 Å². The molecule has 2 aromatic carbocycles. The van der Waals surface area contributed by atoms with E-state index >= 15 is 0 Å². The molecule has 2 aromatic heterocycles. The monoisotopic (exact) mass is 445 g/mol. The number of thiazole rings is 1. The molecule has 2 N–H and O–H groups in total. The molecule has 0 aliphatic carbocycles. The van der Waals surface area contributed by atoms with Gasteiger partial charge in [-0.2, -0.15) is 5.10 Å². The van der Waals surface area contributed by atoms with Crippen molar-refractivity contribution in [3.63, 3.8) is 0 Å². The molecule has 4 aromatic rings. The lowest BCUT2D eigenvalue weighted by molar-refractivity contribution is 0.601. The van der Waals surface area contributed by atoms with Gasteiger partial charge in [-0.25, -0.2) is 18.1 Å². The second kappa shape index (κ2) is 7.86. The van der Waals surface area contributed by atoms with E-state index in [2.05, 4.69) is 20.1 Å². The Balaban J connectivity index is 1.56. The number of halogens is 1. The predicted octanol–water partition coefficient (Wildman–Crippen LogP) is 4.84. The molecule has 0 atom stereocenters. The quantitative estimate of drug-likeness (QED) is 0.443. The molecule has 2 heterocycles. The number of aromatic nitrogens is 3. The third kappa shape index (κ3) is 4.42. The smallest absolute Gasteiger partial charge is 0.263 e. The van der Waals surface area contributed by atoms with E-state index in [9.17, 15) is 8.42 Å². The zero-order chi connectivity index (χ0) is 20.4. The highest BCUT2D eigenvalue weighted by Gasteiger charge is 2.15. The lowest BCUT2D eigenvalue weighted by atomic mass is 10.3. The van der Waals surface area contributed by atoms with Gasteiger partial charge in [0.1, 0.15) is 5.82 Å². The predicted molar refractivity (Wildman–Crippen MR) is 116 cm³/mol. The van der Waals surface area contributed by atoms with Gasteiger partial charge in [-0.15, -0.1) is 11.3 Å². The first kappa shape index (κ1) is 19.4. The van der Waals surface area contributed by atoms with Crippen LogP contribution in [0.4, 0.5) is 16.6 Å². The molecule has 0 saturated heterocycles. The third-order valence-electron chi connectivity index (χ3n) is 3.99. The minimum atomic E-state index is -3.68. The molecule has 0 fully saturated rings. The number of hydrogen-bond acceptors (Lipinski definition) is 6. The van der Waals surface area contributed by atoms with E-state index in [0.717, 1.165) is 22.9 Å². The highest BCUT2D eigenvalue weighted by molar-refractivity contribution is 7.93. The molecule has 148 valence electrons. The van der Waals surface area contributed by atoms with E-state index in [1.807, 2.05) is 25.1 Å². The molecule has 29 heavy (non-hydrogen) atoms. The van der Waals surface area contributed by atoms with Gasteiger partial charge in [0.25, 0.3) is 10.0 Å². The van der Waals surface area contributed by atoms with Crippen LogP contribution in [-0.4, -0.2) is 23.2 Å². The summed E-state index contributed by atoms with van der Waals surface area (Å²) in [6, 6.07) is 15.7. The maximum absolute atomic E-state index is 12.4. The normalized spacial score (nSPS) is 11.4. The van der Waals surface area contributed by atoms with Gasteiger partial charge in [-0.05, 0) is 55.5 Å². The van der Waals surface area contributed by atoms with Crippen LogP contribution >= 0.6 is 22.9 Å². The summed E-state index contributed by atoms with van der Waals surface area (Å²) in [6.45, 7) is 1.90. The Labute approximate surface area is 177 Å². The fourth-order valence-corrected chi connectivity index (χ4v) is 4.60. The number of nitrogens with zero attached hydrogens (tertiary/aromatic N) is 3. The van der Waals surface area contributed by atoms with Crippen LogP contribution in [0.15, 0.2) is 71.1 Å². The van der Waals surface area contributed by atoms with Crippen molar-refractivity contribution in [2.45, 2.75) is 11.8 Å². The molecule has 0 spiro atoms. The highest BCUT2D eigenvalue weighted by Crippen LogP contribution is 2.24. The molecular weight excluding hydrogens is 430 g/mol. The minimum absolute atomic E-state index is 0.153. The Morgan fingerprint density at radius 3 is 2.45 bits per heavy atom. The van der Waals surface area contributed by atoms with E-state index in [1.165, 1.54) is 23.5 Å². The molecular formula is C19H16ClN5O2S2. The summed E-state index contributed by atoms with van der Waals surface area (Å²) in [6.07, 6.45) is 1.54. The standard InChI is InChI=1S/C19H16ClN5O2S2/c1-13-12-18(25(23-13)16-6-2-14(20)3-7-16)22-15-4-8-17(9-5-15)29(26,27)24-19-21-10-11-28-19/h2-12,22H,1H3,(H,21,24). The number of nitrogens with one attached hydrogen (secondary N) is 2. The average molecular weight is 446 g/mol. The number of benzene rings is 2. The van der Waals surface area contributed by atoms with Crippen LogP contribution in [-0.2, 0) is 10.0 Å². The van der Waals surface area contributed by atoms with Gasteiger partial charge >= 0.3 is 0 Å². The van der Waals surface area contributed by atoms with E-state index in [-0.39, 0.29) is 4.90 Å². The van der Waals surface area contributed by atoms with Gasteiger partial charge < -0.3 is 5.32 Å². The van der Waals surface area contributed by atoms with E-state index in [4.69, 9.17) is 11.6 Å². The first-order valence-electron chi connectivity index (χ1n) is 8.53. The minimum Gasteiger partial charge on any atom is -0.340 e. The van der Waals surface area contributed by atoms with Crippen LogP contribution < -0.4 is 10.0 Å². The first-order valence-corrected chi connectivity index (χ1v) is 11.3. The van der Waals surface area contributed by atoms with Crippen molar-refractivity contribution in [3.8, 4) is 5.69 Å². The summed E-state index contributed by atoms with van der Waals surface area (Å²) in [7, 11) is -3.68. The maximum Gasteiger partial charge on any atom is 0.263 e. The van der Waals surface area contributed by atoms with Crippen molar-refractivity contribution in [1.82, 2.24) is 14.8 Å². The van der Waals surface area contributed by atoms with Gasteiger partial charge in [0.2, 0.25) is 0 Å². The van der Waals surface area contributed by atoms with Crippen molar-refractivity contribution < 1.29 is 8.42 Å². The molecule has 10 heteroatoms. The topological polar surface area (TPSA) is 88.9 Å². The third-order valence-corrected chi connectivity index (χ3v) is 6.42. The first-order chi connectivity index (χ1) is 13.9. The number of rotatable bonds is 6. The molecule has 4 rings (SSSR count). The van der Waals surface area contributed by atoms with Crippen LogP contribution in [0.5, 0.6) is 0 Å². The summed E-state index contributed by atoms with van der Waals surface area (Å²) >= 11 is 7.19. The Bertz CT molecular complexity index is 1220. The SMILES string of the molecule is Cc1cc(Nc2ccc(S(=O)(=O)Nc3nccs3)cc2)n(-c2ccc(Cl)cc2)n1. The molecule has 0 radical (unpaired) electrons. The van der Waals surface area contributed by atoms with E-state index < -0.39 is 10.0 Å². The zero-order valence-corrected chi connectivity index (χ0v) is 17.6. The summed E-state index contributed by atoms with van der Waals surface area (Å²) in [4.78, 5) is 4.10. The van der Waals surface area contributed by atoms with Crippen molar-refractivity contribution >= 4 is 49.6 Å². The molecule has 0 unspecified atom stereocenters. The second-order valence-corrected chi connectivity index (χ2v) is 9.16. The number of hydrogen-bond donors (Lipinski definition) is 2. The number of anilines is 3. The molecule has 0 amide bonds. The van der Waals surface area contributed by atoms with Gasteiger partial charge in [0.15, 0.2) is 5.13 Å². The fraction of sp³-hybridized carbons (Fsp3) is 0.0526. The summed E-state index contributed by atoms with van der Waals surface area (Å²) in [5.74, 6) is 0.751. The lowest BCUT2D eigenvalue weighted by Gasteiger charge is -2.11. The molecule has 7 nitrogen and oxygen atoms in total. The van der Waals surface area contributed by atoms with Gasteiger partial charge in [0, 0.05) is 28.4 Å². The second-order valence-electron chi connectivity index (χ2n) is 6.15. The number of aryl methyl sites for hydroxylation is 1. The van der Waals surface area contributed by atoms with Gasteiger partial charge in [0.05, 0.1) is 16.3 Å². The Hall–Kier alpha value is -2.88. The molecule has 0 bridgehead atoms. The van der Waals surface area contributed by atoms with Crippen molar-refractivity contribution in [3.05, 3.63) is 76.9 Å². The summed E-state index contributed by atoms with van der Waals surface area (Å²) < 4.78 is 29.1. The van der Waals surface area contributed by atoms with E-state index in [1.54, 1.807) is 40.5 Å². The highest BCUT2D eigenvalue weighted by atomic mass is 35.5. The van der Waals surface area contributed by atoms with Gasteiger partial charge in [-0.1, -0.05) is 11.6 Å². The van der Waals surface area contributed by atoms with Crippen molar-refractivity contribution in [1.29, 1.82) is 0 Å². The van der Waals surface area contributed by atoms with Crippen LogP contribution in [0, 0.1) is 6.92 Å². The zero-order valence-electron chi connectivity index (χ0n) is 15.2. The molecule has 0 aliphatic heterocycles. The summed E-state index contributed by atoms with van der Waals surface area (Å²) in [5.41, 5.74) is 2.43. The Morgan fingerprint density at radius 2 is 1.79 bits per heavy atom. The Morgan fingerprint density at radius 1 is 1.07 bits per heavy atom.